The van der Waals surface area contributed by atoms with Crippen molar-refractivity contribution >= 4 is 45.4 Å². The van der Waals surface area contributed by atoms with Crippen LogP contribution in [0.3, 0.4) is 0 Å². The largest absolute Gasteiger partial charge is 0.322 e. The zero-order chi connectivity index (χ0) is 23.1. The molecule has 6 rings (SSSR count). The molecule has 0 saturated carbocycles. The van der Waals surface area contributed by atoms with Crippen LogP contribution in [-0.4, -0.2) is 20.9 Å². The fraction of sp³-hybridized carbons (Fsp3) is 0.111. The number of amides is 1. The van der Waals surface area contributed by atoms with Crippen LogP contribution in [0.1, 0.15) is 28.0 Å². The lowest BCUT2D eigenvalue weighted by Crippen LogP contribution is -2.15. The highest BCUT2D eigenvalue weighted by atomic mass is 35.5. The van der Waals surface area contributed by atoms with E-state index in [-0.39, 0.29) is 5.91 Å². The van der Waals surface area contributed by atoms with Gasteiger partial charge in [-0.15, -0.1) is 11.3 Å². The fourth-order valence-electron chi connectivity index (χ4n) is 4.46. The average Bonchev–Trinajstić information content (AvgIpc) is 3.53. The summed E-state index contributed by atoms with van der Waals surface area (Å²) in [6.07, 6.45) is 4.51. The van der Waals surface area contributed by atoms with Crippen molar-refractivity contribution in [3.8, 4) is 22.0 Å². The molecule has 1 amide bonds. The number of benzene rings is 2. The molecule has 0 unspecified atom stereocenters. The van der Waals surface area contributed by atoms with Gasteiger partial charge in [0, 0.05) is 38.9 Å². The Morgan fingerprint density at radius 3 is 2.79 bits per heavy atom. The highest BCUT2D eigenvalue weighted by Gasteiger charge is 2.24. The van der Waals surface area contributed by atoms with Crippen molar-refractivity contribution in [2.45, 2.75) is 19.3 Å². The zero-order valence-electron chi connectivity index (χ0n) is 18.1. The Hall–Kier alpha value is -3.61. The second-order valence-electron chi connectivity index (χ2n) is 8.21. The van der Waals surface area contributed by atoms with Crippen LogP contribution >= 0.6 is 22.9 Å². The number of aryl methyl sites for hydroxylation is 1. The van der Waals surface area contributed by atoms with Gasteiger partial charge in [-0.05, 0) is 67.3 Å². The number of anilines is 1. The van der Waals surface area contributed by atoms with E-state index in [2.05, 4.69) is 10.3 Å². The summed E-state index contributed by atoms with van der Waals surface area (Å²) in [7, 11) is 0. The van der Waals surface area contributed by atoms with Crippen LogP contribution in [0, 0.1) is 0 Å². The second kappa shape index (κ2) is 8.63. The van der Waals surface area contributed by atoms with E-state index in [1.165, 1.54) is 0 Å². The smallest absolute Gasteiger partial charge is 0.256 e. The number of rotatable bonds is 4. The maximum absolute atomic E-state index is 13.5. The number of fused-ring (bicyclic) bond motifs is 2. The molecule has 3 heterocycles. The lowest BCUT2D eigenvalue weighted by atomic mass is 10.0. The van der Waals surface area contributed by atoms with Gasteiger partial charge < -0.3 is 5.32 Å². The van der Waals surface area contributed by atoms with Crippen molar-refractivity contribution in [1.82, 2.24) is 15.0 Å². The topological polar surface area (TPSA) is 67.8 Å². The third-order valence-electron chi connectivity index (χ3n) is 6.01. The summed E-state index contributed by atoms with van der Waals surface area (Å²) in [5, 5.41) is 7.36. The maximum Gasteiger partial charge on any atom is 0.256 e. The minimum atomic E-state index is -0.141. The van der Waals surface area contributed by atoms with Crippen molar-refractivity contribution in [1.29, 1.82) is 0 Å². The molecule has 0 atom stereocenters. The van der Waals surface area contributed by atoms with E-state index < -0.39 is 0 Å². The Labute approximate surface area is 205 Å². The minimum Gasteiger partial charge on any atom is -0.322 e. The summed E-state index contributed by atoms with van der Waals surface area (Å²) < 4.78 is 0. The number of pyridine rings is 2. The minimum absolute atomic E-state index is 0.141. The maximum atomic E-state index is 13.5. The standard InChI is InChI=1S/C27H19ClN4OS/c28-17-10-11-22-20(14-17)25(19-7-4-9-21(19)31-22)26(33)30-18-6-3-5-16(13-18)24-15-34-27(32-24)23-8-1-2-12-29-23/h1-3,5-6,8,10-15H,4,7,9H2,(H,30,33). The molecule has 7 heteroatoms. The Morgan fingerprint density at radius 1 is 0.971 bits per heavy atom. The van der Waals surface area contributed by atoms with Crippen LogP contribution in [0.15, 0.2) is 72.2 Å². The second-order valence-corrected chi connectivity index (χ2v) is 9.51. The van der Waals surface area contributed by atoms with Crippen LogP contribution in [0.4, 0.5) is 5.69 Å². The molecule has 5 aromatic rings. The quantitative estimate of drug-likeness (QED) is 0.305. The molecule has 34 heavy (non-hydrogen) atoms. The number of hydrogen-bond donors (Lipinski definition) is 1. The fourth-order valence-corrected chi connectivity index (χ4v) is 5.43. The number of nitrogens with one attached hydrogen (secondary N) is 1. The van der Waals surface area contributed by atoms with Gasteiger partial charge in [0.1, 0.15) is 5.01 Å². The van der Waals surface area contributed by atoms with E-state index >= 15 is 0 Å². The number of halogens is 1. The van der Waals surface area contributed by atoms with E-state index in [0.29, 0.717) is 16.3 Å². The molecule has 0 bridgehead atoms. The number of aromatic nitrogens is 3. The molecular formula is C27H19ClN4OS. The van der Waals surface area contributed by atoms with E-state index in [1.807, 2.05) is 66.0 Å². The first kappa shape index (κ1) is 21.0. The first-order valence-electron chi connectivity index (χ1n) is 11.1. The summed E-state index contributed by atoms with van der Waals surface area (Å²) in [5.74, 6) is -0.141. The van der Waals surface area contributed by atoms with Crippen LogP contribution in [0.25, 0.3) is 32.9 Å². The van der Waals surface area contributed by atoms with Gasteiger partial charge in [-0.1, -0.05) is 29.8 Å². The van der Waals surface area contributed by atoms with Crippen molar-refractivity contribution in [2.75, 3.05) is 5.32 Å². The molecule has 0 aliphatic heterocycles. The number of carbonyl (C=O) groups is 1. The number of carbonyl (C=O) groups excluding carboxylic acids is 1. The van der Waals surface area contributed by atoms with E-state index in [9.17, 15) is 4.79 Å². The van der Waals surface area contributed by atoms with Gasteiger partial charge in [0.15, 0.2) is 0 Å². The highest BCUT2D eigenvalue weighted by molar-refractivity contribution is 7.13. The van der Waals surface area contributed by atoms with Gasteiger partial charge in [-0.25, -0.2) is 4.98 Å². The van der Waals surface area contributed by atoms with Gasteiger partial charge in [0.05, 0.1) is 22.5 Å². The normalized spacial score (nSPS) is 12.6. The van der Waals surface area contributed by atoms with Gasteiger partial charge >= 0.3 is 0 Å². The number of nitrogens with zero attached hydrogens (tertiary/aromatic N) is 3. The molecule has 0 spiro atoms. The van der Waals surface area contributed by atoms with Crippen molar-refractivity contribution in [3.05, 3.63) is 94.1 Å². The average molecular weight is 483 g/mol. The van der Waals surface area contributed by atoms with Crippen LogP contribution < -0.4 is 5.32 Å². The molecule has 2 aromatic carbocycles. The monoisotopic (exact) mass is 482 g/mol. The molecule has 0 fully saturated rings. The number of hydrogen-bond acceptors (Lipinski definition) is 5. The predicted octanol–water partition coefficient (Wildman–Crippen LogP) is 6.81. The summed E-state index contributed by atoms with van der Waals surface area (Å²) in [4.78, 5) is 27.4. The predicted molar refractivity (Wildman–Crippen MR) is 138 cm³/mol. The van der Waals surface area contributed by atoms with Gasteiger partial charge in [-0.2, -0.15) is 0 Å². The van der Waals surface area contributed by atoms with Gasteiger partial charge in [0.2, 0.25) is 0 Å². The molecule has 3 aromatic heterocycles. The number of thiazole rings is 1. The summed E-state index contributed by atoms with van der Waals surface area (Å²) in [6.45, 7) is 0. The van der Waals surface area contributed by atoms with E-state index in [1.54, 1.807) is 17.5 Å². The Morgan fingerprint density at radius 2 is 1.91 bits per heavy atom. The Kier molecular flexibility index (Phi) is 5.32. The zero-order valence-corrected chi connectivity index (χ0v) is 19.7. The van der Waals surface area contributed by atoms with Gasteiger partial charge in [-0.3, -0.25) is 14.8 Å². The molecule has 0 saturated heterocycles. The Balaban J connectivity index is 1.33. The first-order valence-corrected chi connectivity index (χ1v) is 12.3. The van der Waals surface area contributed by atoms with Gasteiger partial charge in [0.25, 0.3) is 5.91 Å². The SMILES string of the molecule is O=C(Nc1cccc(-c2csc(-c3ccccn3)n2)c1)c1c2c(nc3ccc(Cl)cc13)CCC2. The van der Waals surface area contributed by atoms with Crippen LogP contribution in [-0.2, 0) is 12.8 Å². The van der Waals surface area contributed by atoms with E-state index in [4.69, 9.17) is 21.6 Å². The van der Waals surface area contributed by atoms with Crippen molar-refractivity contribution < 1.29 is 4.79 Å². The lowest BCUT2D eigenvalue weighted by Gasteiger charge is -2.13. The summed E-state index contributed by atoms with van der Waals surface area (Å²) in [5.41, 5.74) is 6.87. The summed E-state index contributed by atoms with van der Waals surface area (Å²) >= 11 is 7.82. The molecular weight excluding hydrogens is 464 g/mol. The molecule has 5 nitrogen and oxygen atoms in total. The van der Waals surface area contributed by atoms with Crippen molar-refractivity contribution in [3.63, 3.8) is 0 Å². The molecule has 1 aliphatic rings. The first-order chi connectivity index (χ1) is 16.7. The third kappa shape index (κ3) is 3.85. The molecule has 1 aliphatic carbocycles. The molecule has 1 N–H and O–H groups in total. The summed E-state index contributed by atoms with van der Waals surface area (Å²) in [6, 6.07) is 19.1. The van der Waals surface area contributed by atoms with Crippen LogP contribution in [0.5, 0.6) is 0 Å². The Bertz CT molecular complexity index is 1550. The molecule has 166 valence electrons. The highest BCUT2D eigenvalue weighted by Crippen LogP contribution is 2.33. The lowest BCUT2D eigenvalue weighted by molar-refractivity contribution is 0.102. The molecule has 0 radical (unpaired) electrons. The third-order valence-corrected chi connectivity index (χ3v) is 7.11. The van der Waals surface area contributed by atoms with Crippen molar-refractivity contribution in [2.24, 2.45) is 0 Å². The van der Waals surface area contributed by atoms with Crippen LogP contribution in [0.2, 0.25) is 5.02 Å². The van der Waals surface area contributed by atoms with E-state index in [0.717, 1.165) is 63.4 Å².